The van der Waals surface area contributed by atoms with Crippen molar-refractivity contribution >= 4 is 0 Å². The highest BCUT2D eigenvalue weighted by atomic mass is 19.1. The Labute approximate surface area is 105 Å². The number of hydrogen-bond acceptors (Lipinski definition) is 2. The van der Waals surface area contributed by atoms with E-state index in [1.54, 1.807) is 22.8 Å². The van der Waals surface area contributed by atoms with Crippen LogP contribution in [-0.2, 0) is 13.1 Å². The van der Waals surface area contributed by atoms with E-state index in [2.05, 4.69) is 0 Å². The molecule has 18 heavy (non-hydrogen) atoms. The molecule has 0 fully saturated rings. The van der Waals surface area contributed by atoms with E-state index in [0.717, 1.165) is 11.3 Å². The second kappa shape index (κ2) is 5.14. The van der Waals surface area contributed by atoms with Gasteiger partial charge in [-0.1, -0.05) is 6.07 Å². The van der Waals surface area contributed by atoms with Crippen LogP contribution < -0.4 is 11.3 Å². The average Bonchev–Trinajstić information content (AvgIpc) is 2.39. The Kier molecular flexibility index (Phi) is 3.58. The van der Waals surface area contributed by atoms with Crippen LogP contribution >= 0.6 is 0 Å². The monoisotopic (exact) mass is 246 g/mol. The average molecular weight is 246 g/mol. The van der Waals surface area contributed by atoms with Crippen molar-refractivity contribution in [3.05, 3.63) is 58.1 Å². The van der Waals surface area contributed by atoms with Gasteiger partial charge in [-0.2, -0.15) is 0 Å². The summed E-state index contributed by atoms with van der Waals surface area (Å²) < 4.78 is 14.5. The first-order chi connectivity index (χ1) is 8.67. The standard InChI is InChI=1S/C14H15FN2O/c1-2-17-13(8-5-11(9-16)14(17)18)10-3-6-12(15)7-4-10/h3-8H,2,9,16H2,1H3. The smallest absolute Gasteiger partial charge is 0.255 e. The van der Waals surface area contributed by atoms with Gasteiger partial charge in [0.15, 0.2) is 0 Å². The normalized spacial score (nSPS) is 10.6. The minimum absolute atomic E-state index is 0.0816. The molecular formula is C14H15FN2O. The molecule has 94 valence electrons. The quantitative estimate of drug-likeness (QED) is 0.901. The van der Waals surface area contributed by atoms with E-state index < -0.39 is 0 Å². The molecule has 0 saturated heterocycles. The summed E-state index contributed by atoms with van der Waals surface area (Å²) in [4.78, 5) is 12.1. The zero-order chi connectivity index (χ0) is 13.1. The summed E-state index contributed by atoms with van der Waals surface area (Å²) in [5, 5.41) is 0. The fourth-order valence-electron chi connectivity index (χ4n) is 1.97. The summed E-state index contributed by atoms with van der Waals surface area (Å²) in [5.74, 6) is -0.289. The third-order valence-corrected chi connectivity index (χ3v) is 2.93. The molecule has 0 atom stereocenters. The first-order valence-electron chi connectivity index (χ1n) is 5.86. The van der Waals surface area contributed by atoms with Crippen molar-refractivity contribution in [3.8, 4) is 11.3 Å². The lowest BCUT2D eigenvalue weighted by molar-refractivity contribution is 0.628. The molecule has 2 N–H and O–H groups in total. The van der Waals surface area contributed by atoms with Gasteiger partial charge in [0.25, 0.3) is 5.56 Å². The first-order valence-corrected chi connectivity index (χ1v) is 5.86. The van der Waals surface area contributed by atoms with Crippen LogP contribution in [0, 0.1) is 5.82 Å². The summed E-state index contributed by atoms with van der Waals surface area (Å²) in [6.45, 7) is 2.68. The zero-order valence-electron chi connectivity index (χ0n) is 10.2. The van der Waals surface area contributed by atoms with Gasteiger partial charge in [0.1, 0.15) is 5.82 Å². The number of pyridine rings is 1. The van der Waals surface area contributed by atoms with Crippen molar-refractivity contribution in [1.29, 1.82) is 0 Å². The summed E-state index contributed by atoms with van der Waals surface area (Å²) in [6.07, 6.45) is 0. The van der Waals surface area contributed by atoms with Crippen molar-refractivity contribution in [3.63, 3.8) is 0 Å². The van der Waals surface area contributed by atoms with Gasteiger partial charge < -0.3 is 10.3 Å². The molecule has 1 heterocycles. The minimum atomic E-state index is -0.289. The second-order valence-electron chi connectivity index (χ2n) is 4.00. The van der Waals surface area contributed by atoms with Gasteiger partial charge in [-0.05, 0) is 42.8 Å². The van der Waals surface area contributed by atoms with Crippen molar-refractivity contribution in [2.75, 3.05) is 0 Å². The number of halogens is 1. The predicted octanol–water partition coefficient (Wildman–Crippen LogP) is 2.13. The number of nitrogens with two attached hydrogens (primary N) is 1. The van der Waals surface area contributed by atoms with Gasteiger partial charge in [0.05, 0.1) is 5.69 Å². The topological polar surface area (TPSA) is 48.0 Å². The maximum atomic E-state index is 12.9. The Morgan fingerprint density at radius 3 is 2.39 bits per heavy atom. The van der Waals surface area contributed by atoms with E-state index in [1.807, 2.05) is 13.0 Å². The number of benzene rings is 1. The zero-order valence-corrected chi connectivity index (χ0v) is 10.2. The van der Waals surface area contributed by atoms with E-state index >= 15 is 0 Å². The molecule has 1 aromatic carbocycles. The predicted molar refractivity (Wildman–Crippen MR) is 69.7 cm³/mol. The Bertz CT molecular complexity index is 602. The van der Waals surface area contributed by atoms with Crippen LogP contribution in [0.2, 0.25) is 0 Å². The van der Waals surface area contributed by atoms with E-state index in [4.69, 9.17) is 5.73 Å². The highest BCUT2D eigenvalue weighted by molar-refractivity contribution is 5.59. The molecule has 0 aliphatic heterocycles. The molecule has 1 aromatic heterocycles. The molecule has 0 radical (unpaired) electrons. The summed E-state index contributed by atoms with van der Waals surface area (Å²) >= 11 is 0. The van der Waals surface area contributed by atoms with E-state index in [9.17, 15) is 9.18 Å². The van der Waals surface area contributed by atoms with Gasteiger partial charge >= 0.3 is 0 Å². The van der Waals surface area contributed by atoms with Gasteiger partial charge in [-0.3, -0.25) is 4.79 Å². The van der Waals surface area contributed by atoms with Crippen LogP contribution in [-0.4, -0.2) is 4.57 Å². The van der Waals surface area contributed by atoms with E-state index in [-0.39, 0.29) is 17.9 Å². The molecular weight excluding hydrogens is 231 g/mol. The van der Waals surface area contributed by atoms with E-state index in [0.29, 0.717) is 12.1 Å². The molecule has 2 rings (SSSR count). The minimum Gasteiger partial charge on any atom is -0.326 e. The maximum absolute atomic E-state index is 12.9. The second-order valence-corrected chi connectivity index (χ2v) is 4.00. The maximum Gasteiger partial charge on any atom is 0.255 e. The molecule has 4 heteroatoms. The van der Waals surface area contributed by atoms with Crippen LogP contribution in [0.25, 0.3) is 11.3 Å². The molecule has 0 amide bonds. The fraction of sp³-hybridized carbons (Fsp3) is 0.214. The van der Waals surface area contributed by atoms with Crippen molar-refractivity contribution in [2.24, 2.45) is 5.73 Å². The third kappa shape index (κ3) is 2.19. The lowest BCUT2D eigenvalue weighted by Gasteiger charge is -2.12. The van der Waals surface area contributed by atoms with Gasteiger partial charge in [0, 0.05) is 18.7 Å². The Morgan fingerprint density at radius 2 is 1.83 bits per heavy atom. The number of rotatable bonds is 3. The van der Waals surface area contributed by atoms with Crippen LogP contribution in [0.3, 0.4) is 0 Å². The molecule has 0 aliphatic rings. The highest BCUT2D eigenvalue weighted by Crippen LogP contribution is 2.18. The van der Waals surface area contributed by atoms with E-state index in [1.165, 1.54) is 12.1 Å². The molecule has 2 aromatic rings. The molecule has 0 bridgehead atoms. The SMILES string of the molecule is CCn1c(-c2ccc(F)cc2)ccc(CN)c1=O. The summed E-state index contributed by atoms with van der Waals surface area (Å²) in [7, 11) is 0. The van der Waals surface area contributed by atoms with Crippen LogP contribution in [0.5, 0.6) is 0 Å². The van der Waals surface area contributed by atoms with Gasteiger partial charge in [0.2, 0.25) is 0 Å². The molecule has 3 nitrogen and oxygen atoms in total. The van der Waals surface area contributed by atoms with Crippen LogP contribution in [0.15, 0.2) is 41.2 Å². The molecule has 0 spiro atoms. The van der Waals surface area contributed by atoms with Gasteiger partial charge in [-0.15, -0.1) is 0 Å². The summed E-state index contributed by atoms with van der Waals surface area (Å²) in [6, 6.07) is 9.68. The Hall–Kier alpha value is -1.94. The number of hydrogen-bond donors (Lipinski definition) is 1. The molecule has 0 saturated carbocycles. The molecule has 0 aliphatic carbocycles. The fourth-order valence-corrected chi connectivity index (χ4v) is 1.97. The number of aromatic nitrogens is 1. The van der Waals surface area contributed by atoms with Gasteiger partial charge in [-0.25, -0.2) is 4.39 Å². The third-order valence-electron chi connectivity index (χ3n) is 2.93. The lowest BCUT2D eigenvalue weighted by Crippen LogP contribution is -2.25. The van der Waals surface area contributed by atoms with Crippen molar-refractivity contribution in [1.82, 2.24) is 4.57 Å². The van der Waals surface area contributed by atoms with Crippen molar-refractivity contribution < 1.29 is 4.39 Å². The largest absolute Gasteiger partial charge is 0.326 e. The lowest BCUT2D eigenvalue weighted by atomic mass is 10.1. The van der Waals surface area contributed by atoms with Crippen LogP contribution in [0.4, 0.5) is 4.39 Å². The Balaban J connectivity index is 2.61. The molecule has 0 unspecified atom stereocenters. The Morgan fingerprint density at radius 1 is 1.17 bits per heavy atom. The first kappa shape index (κ1) is 12.5. The van der Waals surface area contributed by atoms with Crippen LogP contribution in [0.1, 0.15) is 12.5 Å². The number of nitrogens with zero attached hydrogens (tertiary/aromatic N) is 1. The highest BCUT2D eigenvalue weighted by Gasteiger charge is 2.08. The van der Waals surface area contributed by atoms with Crippen molar-refractivity contribution in [2.45, 2.75) is 20.0 Å². The summed E-state index contributed by atoms with van der Waals surface area (Å²) in [5.41, 5.74) is 7.62.